The molecule has 0 heterocycles. The van der Waals surface area contributed by atoms with Gasteiger partial charge in [-0.05, 0) is 36.6 Å². The zero-order valence-corrected chi connectivity index (χ0v) is 11.3. The molecule has 0 N–H and O–H groups in total. The first-order valence-electron chi connectivity index (χ1n) is 5.14. The molecule has 0 aliphatic carbocycles. The van der Waals surface area contributed by atoms with Crippen LogP contribution in [0.3, 0.4) is 0 Å². The van der Waals surface area contributed by atoms with Gasteiger partial charge in [0, 0.05) is 10.5 Å². The van der Waals surface area contributed by atoms with Crippen LogP contribution >= 0.6 is 37.9 Å². The highest BCUT2D eigenvalue weighted by atomic mass is 32.1. The lowest BCUT2D eigenvalue weighted by Crippen LogP contribution is -2.12. The Morgan fingerprint density at radius 3 is 2.40 bits per heavy atom. The molecule has 0 amide bonds. The Labute approximate surface area is 109 Å². The van der Waals surface area contributed by atoms with E-state index in [9.17, 15) is 0 Å². The first kappa shape index (κ1) is 13.3. The molecule has 0 saturated carbocycles. The van der Waals surface area contributed by atoms with Crippen LogP contribution in [0, 0.1) is 6.07 Å². The largest absolute Gasteiger partial charge is 0.179 e. The summed E-state index contributed by atoms with van der Waals surface area (Å²) in [6.07, 6.45) is 3.08. The Kier molecular flexibility index (Phi) is 6.69. The van der Waals surface area contributed by atoms with Crippen LogP contribution in [0.2, 0.25) is 0 Å². The second-order valence-corrected chi connectivity index (χ2v) is 5.58. The van der Waals surface area contributed by atoms with Gasteiger partial charge < -0.3 is 0 Å². The molecule has 0 saturated heterocycles. The Balaban J connectivity index is 2.33. The molecule has 3 heteroatoms. The fourth-order valence-electron chi connectivity index (χ4n) is 1.49. The van der Waals surface area contributed by atoms with Gasteiger partial charge in [-0.1, -0.05) is 24.3 Å². The van der Waals surface area contributed by atoms with Crippen molar-refractivity contribution >= 4 is 37.9 Å². The number of hydrogen-bond acceptors (Lipinski definition) is 3. The van der Waals surface area contributed by atoms with Crippen LogP contribution in [0.25, 0.3) is 0 Å². The van der Waals surface area contributed by atoms with E-state index in [0.717, 1.165) is 25.0 Å². The topological polar surface area (TPSA) is 0 Å². The van der Waals surface area contributed by atoms with Crippen LogP contribution in [0.1, 0.15) is 18.4 Å². The Hall–Kier alpha value is 0.270. The minimum absolute atomic E-state index is 0.384. The minimum Gasteiger partial charge on any atom is -0.179 e. The molecule has 0 aliphatic rings. The molecule has 15 heavy (non-hydrogen) atoms. The predicted molar refractivity (Wildman–Crippen MR) is 77.6 cm³/mol. The van der Waals surface area contributed by atoms with E-state index in [-0.39, 0.29) is 0 Å². The molecule has 2 atom stereocenters. The third-order valence-corrected chi connectivity index (χ3v) is 3.39. The quantitative estimate of drug-likeness (QED) is 0.640. The molecule has 0 aliphatic heterocycles. The van der Waals surface area contributed by atoms with Crippen LogP contribution in [0.5, 0.6) is 0 Å². The van der Waals surface area contributed by atoms with E-state index in [4.69, 9.17) is 0 Å². The summed E-state index contributed by atoms with van der Waals surface area (Å²) >= 11 is 13.3. The second kappa shape index (κ2) is 7.53. The molecule has 1 radical (unpaired) electrons. The maximum absolute atomic E-state index is 4.59. The molecule has 1 aromatic carbocycles. The molecular formula is C12H17S3. The van der Waals surface area contributed by atoms with Gasteiger partial charge >= 0.3 is 0 Å². The van der Waals surface area contributed by atoms with Gasteiger partial charge in [-0.25, -0.2) is 0 Å². The van der Waals surface area contributed by atoms with Gasteiger partial charge in [0.2, 0.25) is 0 Å². The standard InChI is InChI=1S/C12H17S3/c13-7-6-11(14)9-12(15)8-10-4-2-1-3-5-10/h2-5,11-15H,6-9H2. The highest BCUT2D eigenvalue weighted by molar-refractivity contribution is 7.82. The molecule has 2 unspecified atom stereocenters. The SMILES string of the molecule is SCCC(S)CC(S)Cc1cc[c]cc1. The summed E-state index contributed by atoms with van der Waals surface area (Å²) in [4.78, 5) is 0. The van der Waals surface area contributed by atoms with Gasteiger partial charge in [-0.3, -0.25) is 0 Å². The summed E-state index contributed by atoms with van der Waals surface area (Å²) in [6, 6.07) is 11.1. The average molecular weight is 257 g/mol. The third-order valence-electron chi connectivity index (χ3n) is 2.27. The molecule has 1 aromatic rings. The summed E-state index contributed by atoms with van der Waals surface area (Å²) in [5.41, 5.74) is 1.32. The molecule has 83 valence electrons. The first-order chi connectivity index (χ1) is 7.22. The van der Waals surface area contributed by atoms with Gasteiger partial charge in [-0.15, -0.1) is 0 Å². The third kappa shape index (κ3) is 5.79. The van der Waals surface area contributed by atoms with Crippen molar-refractivity contribution < 1.29 is 0 Å². The monoisotopic (exact) mass is 257 g/mol. The Bertz CT molecular complexity index is 261. The molecule has 1 rings (SSSR count). The smallest absolute Gasteiger partial charge is 0.00676 e. The lowest BCUT2D eigenvalue weighted by atomic mass is 10.1. The molecular weight excluding hydrogens is 240 g/mol. The van der Waals surface area contributed by atoms with E-state index in [1.165, 1.54) is 5.56 Å². The maximum atomic E-state index is 4.59. The highest BCUT2D eigenvalue weighted by Gasteiger charge is 2.10. The van der Waals surface area contributed by atoms with Crippen molar-refractivity contribution in [2.45, 2.75) is 29.8 Å². The lowest BCUT2D eigenvalue weighted by molar-refractivity contribution is 0.706. The van der Waals surface area contributed by atoms with Crippen LogP contribution in [-0.2, 0) is 6.42 Å². The van der Waals surface area contributed by atoms with Crippen molar-refractivity contribution in [1.29, 1.82) is 0 Å². The van der Waals surface area contributed by atoms with Crippen molar-refractivity contribution in [2.24, 2.45) is 0 Å². The van der Waals surface area contributed by atoms with E-state index >= 15 is 0 Å². The molecule has 0 fully saturated rings. The lowest BCUT2D eigenvalue weighted by Gasteiger charge is -2.15. The minimum atomic E-state index is 0.384. The normalized spacial score (nSPS) is 14.9. The Morgan fingerprint density at radius 1 is 1.13 bits per heavy atom. The summed E-state index contributed by atoms with van der Waals surface area (Å²) in [5.74, 6) is 0.898. The van der Waals surface area contributed by atoms with Crippen LogP contribution < -0.4 is 0 Å². The fourth-order valence-corrected chi connectivity index (χ4v) is 3.02. The molecule has 0 nitrogen and oxygen atoms in total. The Morgan fingerprint density at radius 2 is 1.80 bits per heavy atom. The summed E-state index contributed by atoms with van der Waals surface area (Å²) < 4.78 is 0. The van der Waals surface area contributed by atoms with Gasteiger partial charge in [0.25, 0.3) is 0 Å². The van der Waals surface area contributed by atoms with Gasteiger partial charge in [0.15, 0.2) is 0 Å². The summed E-state index contributed by atoms with van der Waals surface area (Å²) in [7, 11) is 0. The highest BCUT2D eigenvalue weighted by Crippen LogP contribution is 2.17. The zero-order valence-electron chi connectivity index (χ0n) is 8.63. The second-order valence-electron chi connectivity index (χ2n) is 3.67. The van der Waals surface area contributed by atoms with Crippen molar-refractivity contribution in [3.63, 3.8) is 0 Å². The van der Waals surface area contributed by atoms with Crippen molar-refractivity contribution in [2.75, 3.05) is 5.75 Å². The van der Waals surface area contributed by atoms with Crippen molar-refractivity contribution in [1.82, 2.24) is 0 Å². The maximum Gasteiger partial charge on any atom is 0.00676 e. The first-order valence-corrected chi connectivity index (χ1v) is 6.81. The van der Waals surface area contributed by atoms with E-state index in [1.807, 2.05) is 12.1 Å². The van der Waals surface area contributed by atoms with E-state index in [2.05, 4.69) is 56.1 Å². The van der Waals surface area contributed by atoms with Crippen LogP contribution in [-0.4, -0.2) is 16.3 Å². The molecule has 0 bridgehead atoms. The van der Waals surface area contributed by atoms with Gasteiger partial charge in [0.1, 0.15) is 0 Å². The van der Waals surface area contributed by atoms with Gasteiger partial charge in [0.05, 0.1) is 0 Å². The fraction of sp³-hybridized carbons (Fsp3) is 0.500. The van der Waals surface area contributed by atoms with Gasteiger partial charge in [-0.2, -0.15) is 37.9 Å². The van der Waals surface area contributed by atoms with Crippen LogP contribution in [0.4, 0.5) is 0 Å². The molecule has 0 spiro atoms. The van der Waals surface area contributed by atoms with E-state index in [0.29, 0.717) is 10.5 Å². The predicted octanol–water partition coefficient (Wildman–Crippen LogP) is 3.34. The number of thiol groups is 3. The van der Waals surface area contributed by atoms with Crippen molar-refractivity contribution in [3.05, 3.63) is 35.9 Å². The van der Waals surface area contributed by atoms with E-state index in [1.54, 1.807) is 0 Å². The van der Waals surface area contributed by atoms with E-state index < -0.39 is 0 Å². The zero-order chi connectivity index (χ0) is 11.1. The van der Waals surface area contributed by atoms with Crippen LogP contribution in [0.15, 0.2) is 24.3 Å². The average Bonchev–Trinajstić information content (AvgIpc) is 2.19. The summed E-state index contributed by atoms with van der Waals surface area (Å²) in [6.45, 7) is 0. The number of rotatable bonds is 6. The number of hydrogen-bond donors (Lipinski definition) is 3. The number of benzene rings is 1. The molecule has 0 aromatic heterocycles. The van der Waals surface area contributed by atoms with Crippen molar-refractivity contribution in [3.8, 4) is 0 Å². The summed E-state index contributed by atoms with van der Waals surface area (Å²) in [5, 5.41) is 0.801.